The fourth-order valence-corrected chi connectivity index (χ4v) is 4.58. The number of hydrogen-bond donors (Lipinski definition) is 1. The predicted octanol–water partition coefficient (Wildman–Crippen LogP) is 5.20. The summed E-state index contributed by atoms with van der Waals surface area (Å²) in [5.74, 6) is 0.311. The number of hydrogen-bond acceptors (Lipinski definition) is 6. The molecule has 34 heavy (non-hydrogen) atoms. The molecule has 6 heteroatoms. The molecular weight excluding hydrogens is 430 g/mol. The first kappa shape index (κ1) is 23.6. The second kappa shape index (κ2) is 10.6. The molecule has 0 bridgehead atoms. The minimum atomic E-state index is -0.509. The van der Waals surface area contributed by atoms with Crippen molar-refractivity contribution in [3.05, 3.63) is 82.2 Å². The second-order valence-corrected chi connectivity index (χ2v) is 8.59. The van der Waals surface area contributed by atoms with Gasteiger partial charge in [0.2, 0.25) is 0 Å². The molecule has 1 aliphatic heterocycles. The average molecular weight is 462 g/mol. The number of esters is 1. The van der Waals surface area contributed by atoms with Crippen LogP contribution in [-0.2, 0) is 20.9 Å². The molecule has 4 rings (SSSR count). The van der Waals surface area contributed by atoms with Crippen molar-refractivity contribution < 1.29 is 23.8 Å². The molecule has 1 N–H and O–H groups in total. The molecule has 0 aromatic heterocycles. The molecule has 178 valence electrons. The van der Waals surface area contributed by atoms with Crippen LogP contribution in [-0.4, -0.2) is 25.5 Å². The molecule has 0 radical (unpaired) electrons. The zero-order chi connectivity index (χ0) is 24.1. The highest BCUT2D eigenvalue weighted by Crippen LogP contribution is 2.44. The molecule has 1 atom stereocenters. The van der Waals surface area contributed by atoms with Crippen molar-refractivity contribution in [3.63, 3.8) is 0 Å². The summed E-state index contributed by atoms with van der Waals surface area (Å²) in [6.07, 6.45) is 2.78. The molecule has 0 saturated carbocycles. The van der Waals surface area contributed by atoms with E-state index in [9.17, 15) is 9.59 Å². The van der Waals surface area contributed by atoms with Crippen LogP contribution in [0.5, 0.6) is 11.5 Å². The summed E-state index contributed by atoms with van der Waals surface area (Å²) in [6, 6.07) is 15.5. The monoisotopic (exact) mass is 461 g/mol. The molecule has 6 nitrogen and oxygen atoms in total. The minimum Gasteiger partial charge on any atom is -0.493 e. The topological polar surface area (TPSA) is 73.9 Å². The number of ketones is 1. The van der Waals surface area contributed by atoms with Gasteiger partial charge in [-0.15, -0.1) is 0 Å². The van der Waals surface area contributed by atoms with Crippen LogP contribution in [0, 0.1) is 0 Å². The highest BCUT2D eigenvalue weighted by molar-refractivity contribution is 6.03. The van der Waals surface area contributed by atoms with Crippen LogP contribution >= 0.6 is 0 Å². The fraction of sp³-hybridized carbons (Fsp3) is 0.357. The summed E-state index contributed by atoms with van der Waals surface area (Å²) in [4.78, 5) is 26.2. The summed E-state index contributed by atoms with van der Waals surface area (Å²) >= 11 is 0. The Kier molecular flexibility index (Phi) is 7.36. The average Bonchev–Trinajstić information content (AvgIpc) is 2.86. The third-order valence-corrected chi connectivity index (χ3v) is 6.19. The molecule has 2 aromatic rings. The smallest absolute Gasteiger partial charge is 0.336 e. The van der Waals surface area contributed by atoms with Gasteiger partial charge in [0.25, 0.3) is 0 Å². The van der Waals surface area contributed by atoms with Crippen LogP contribution < -0.4 is 14.8 Å². The van der Waals surface area contributed by atoms with E-state index in [1.54, 1.807) is 7.11 Å². The number of nitrogens with one attached hydrogen (secondary N) is 1. The lowest BCUT2D eigenvalue weighted by atomic mass is 9.75. The molecule has 2 aromatic carbocycles. The molecule has 1 heterocycles. The lowest BCUT2D eigenvalue weighted by molar-refractivity contribution is -0.139. The van der Waals surface area contributed by atoms with Gasteiger partial charge in [-0.3, -0.25) is 4.79 Å². The fourth-order valence-electron chi connectivity index (χ4n) is 4.58. The third kappa shape index (κ3) is 4.86. The first-order valence-corrected chi connectivity index (χ1v) is 11.8. The van der Waals surface area contributed by atoms with E-state index in [4.69, 9.17) is 14.2 Å². The molecular formula is C28H31NO5. The second-order valence-electron chi connectivity index (χ2n) is 8.59. The summed E-state index contributed by atoms with van der Waals surface area (Å²) in [5, 5.41) is 3.32. The normalized spacial score (nSPS) is 17.7. The van der Waals surface area contributed by atoms with E-state index in [2.05, 4.69) is 5.32 Å². The summed E-state index contributed by atoms with van der Waals surface area (Å²) < 4.78 is 17.2. The van der Waals surface area contributed by atoms with Crippen LogP contribution in [0.15, 0.2) is 71.1 Å². The van der Waals surface area contributed by atoms with Crippen molar-refractivity contribution in [2.75, 3.05) is 13.7 Å². The highest BCUT2D eigenvalue weighted by atomic mass is 16.5. The van der Waals surface area contributed by atoms with Crippen LogP contribution in [0.2, 0.25) is 0 Å². The van der Waals surface area contributed by atoms with E-state index >= 15 is 0 Å². The lowest BCUT2D eigenvalue weighted by Gasteiger charge is -2.34. The van der Waals surface area contributed by atoms with Gasteiger partial charge in [-0.1, -0.05) is 43.3 Å². The van der Waals surface area contributed by atoms with E-state index in [1.165, 1.54) is 0 Å². The van der Waals surface area contributed by atoms with Crippen LogP contribution in [0.4, 0.5) is 0 Å². The molecule has 1 aliphatic carbocycles. The number of methoxy groups -OCH3 is 1. The van der Waals surface area contributed by atoms with E-state index in [0.717, 1.165) is 41.8 Å². The Morgan fingerprint density at radius 3 is 2.62 bits per heavy atom. The summed E-state index contributed by atoms with van der Waals surface area (Å²) in [6.45, 7) is 4.56. The predicted molar refractivity (Wildman–Crippen MR) is 129 cm³/mol. The van der Waals surface area contributed by atoms with Gasteiger partial charge in [0, 0.05) is 29.3 Å². The first-order chi connectivity index (χ1) is 16.5. The Labute approximate surface area is 200 Å². The van der Waals surface area contributed by atoms with Gasteiger partial charge in [0.05, 0.1) is 19.3 Å². The number of Topliss-reactive ketones (excluding diaryl/α,β-unsaturated/α-hetero) is 1. The molecule has 0 spiro atoms. The minimum absolute atomic E-state index is 0.0652. The van der Waals surface area contributed by atoms with Crippen molar-refractivity contribution >= 4 is 11.8 Å². The van der Waals surface area contributed by atoms with Crippen molar-refractivity contribution in [1.29, 1.82) is 0 Å². The SMILES string of the molecule is CCCOC(=O)C1=C(C)NC2=C(C(=O)CCC2)[C@H]1c1ccc(OCc2ccccc2)c(OC)c1. The number of rotatable bonds is 8. The Hall–Kier alpha value is -3.54. The van der Waals surface area contributed by atoms with Gasteiger partial charge in [0.15, 0.2) is 17.3 Å². The quantitative estimate of drug-likeness (QED) is 0.545. The molecule has 0 saturated heterocycles. The third-order valence-electron chi connectivity index (χ3n) is 6.19. The molecule has 0 unspecified atom stereocenters. The van der Waals surface area contributed by atoms with Crippen molar-refractivity contribution in [3.8, 4) is 11.5 Å². The Morgan fingerprint density at radius 2 is 1.88 bits per heavy atom. The van der Waals surface area contributed by atoms with Gasteiger partial charge < -0.3 is 19.5 Å². The van der Waals surface area contributed by atoms with Crippen LogP contribution in [0.3, 0.4) is 0 Å². The molecule has 0 fully saturated rings. The number of carbonyl (C=O) groups excluding carboxylic acids is 2. The summed E-state index contributed by atoms with van der Waals surface area (Å²) in [5.41, 5.74) is 4.60. The van der Waals surface area contributed by atoms with E-state index in [-0.39, 0.29) is 5.78 Å². The number of dihydropyridines is 1. The van der Waals surface area contributed by atoms with E-state index < -0.39 is 11.9 Å². The van der Waals surface area contributed by atoms with Gasteiger partial charge in [-0.25, -0.2) is 4.79 Å². The van der Waals surface area contributed by atoms with Crippen molar-refractivity contribution in [2.24, 2.45) is 0 Å². The Balaban J connectivity index is 1.71. The Morgan fingerprint density at radius 1 is 1.09 bits per heavy atom. The van der Waals surface area contributed by atoms with Gasteiger partial charge in [-0.2, -0.15) is 0 Å². The maximum atomic E-state index is 13.1. The van der Waals surface area contributed by atoms with Gasteiger partial charge in [0.1, 0.15) is 6.61 Å². The van der Waals surface area contributed by atoms with Crippen LogP contribution in [0.1, 0.15) is 56.6 Å². The number of benzene rings is 2. The molecule has 0 amide bonds. The zero-order valence-electron chi connectivity index (χ0n) is 20.0. The van der Waals surface area contributed by atoms with Gasteiger partial charge >= 0.3 is 5.97 Å². The maximum absolute atomic E-state index is 13.1. The molecule has 2 aliphatic rings. The number of allylic oxidation sites excluding steroid dienone is 3. The van der Waals surface area contributed by atoms with Crippen molar-refractivity contribution in [2.45, 2.75) is 52.1 Å². The number of ether oxygens (including phenoxy) is 3. The largest absolute Gasteiger partial charge is 0.493 e. The first-order valence-electron chi connectivity index (χ1n) is 11.8. The highest BCUT2D eigenvalue weighted by Gasteiger charge is 2.39. The van der Waals surface area contributed by atoms with E-state index in [0.29, 0.717) is 42.3 Å². The summed E-state index contributed by atoms with van der Waals surface area (Å²) in [7, 11) is 1.59. The number of carbonyl (C=O) groups is 2. The zero-order valence-corrected chi connectivity index (χ0v) is 20.0. The van der Waals surface area contributed by atoms with Gasteiger partial charge in [-0.05, 0) is 49.4 Å². The Bertz CT molecular complexity index is 1130. The van der Waals surface area contributed by atoms with Crippen LogP contribution in [0.25, 0.3) is 0 Å². The standard InChI is InChI=1S/C28H31NO5/c1-4-15-33-28(31)25-18(2)29-21-11-8-12-22(30)27(21)26(25)20-13-14-23(24(16-20)32-3)34-17-19-9-6-5-7-10-19/h5-7,9-10,13-14,16,26,29H,4,8,11-12,15,17H2,1-3H3/t26-/m0/s1. The lowest BCUT2D eigenvalue weighted by Crippen LogP contribution is -2.34. The van der Waals surface area contributed by atoms with E-state index in [1.807, 2.05) is 62.4 Å². The van der Waals surface area contributed by atoms with Crippen molar-refractivity contribution in [1.82, 2.24) is 5.32 Å². The maximum Gasteiger partial charge on any atom is 0.336 e.